The second-order valence-corrected chi connectivity index (χ2v) is 3.90. The summed E-state index contributed by atoms with van der Waals surface area (Å²) in [6, 6.07) is 4.29. The van der Waals surface area contributed by atoms with Gasteiger partial charge in [0.25, 0.3) is 0 Å². The van der Waals surface area contributed by atoms with Crippen LogP contribution in [-0.2, 0) is 16.0 Å². The maximum Gasteiger partial charge on any atom is 0.159 e. The van der Waals surface area contributed by atoms with Crippen molar-refractivity contribution < 1.29 is 9.47 Å². The molecule has 0 saturated carbocycles. The summed E-state index contributed by atoms with van der Waals surface area (Å²) in [7, 11) is 0. The molecule has 0 bridgehead atoms. The first kappa shape index (κ1) is 13.3. The summed E-state index contributed by atoms with van der Waals surface area (Å²) in [4.78, 5) is 0. The Morgan fingerprint density at radius 2 is 1.56 bits per heavy atom. The highest BCUT2D eigenvalue weighted by molar-refractivity contribution is 5.13. The number of ether oxygens (including phenoxy) is 2. The van der Waals surface area contributed by atoms with E-state index in [4.69, 9.17) is 9.47 Å². The van der Waals surface area contributed by atoms with Gasteiger partial charge in [0.1, 0.15) is 0 Å². The lowest BCUT2D eigenvalue weighted by molar-refractivity contribution is -0.141. The van der Waals surface area contributed by atoms with Crippen LogP contribution in [0.15, 0.2) is 12.1 Å². The van der Waals surface area contributed by atoms with Crippen LogP contribution in [0.4, 0.5) is 0 Å². The molecule has 0 aromatic carbocycles. The summed E-state index contributed by atoms with van der Waals surface area (Å²) in [6.07, 6.45) is 0.828. The van der Waals surface area contributed by atoms with Gasteiger partial charge in [0, 0.05) is 37.6 Å². The topological polar surface area (TPSA) is 23.4 Å². The zero-order valence-electron chi connectivity index (χ0n) is 10.8. The van der Waals surface area contributed by atoms with Crippen molar-refractivity contribution in [2.24, 2.45) is 0 Å². The summed E-state index contributed by atoms with van der Waals surface area (Å²) in [6.45, 7) is 10.6. The van der Waals surface area contributed by atoms with Crippen molar-refractivity contribution in [2.45, 2.75) is 47.0 Å². The van der Waals surface area contributed by atoms with Crippen LogP contribution in [-0.4, -0.2) is 24.1 Å². The Balaban J connectivity index is 2.48. The molecule has 1 aromatic rings. The average Bonchev–Trinajstić information content (AvgIpc) is 2.56. The fourth-order valence-electron chi connectivity index (χ4n) is 1.87. The average molecular weight is 225 g/mol. The van der Waals surface area contributed by atoms with Gasteiger partial charge in [-0.15, -0.1) is 0 Å². The monoisotopic (exact) mass is 225 g/mol. The molecule has 1 aromatic heterocycles. The molecule has 1 heterocycles. The lowest BCUT2D eigenvalue weighted by Gasteiger charge is -2.18. The Kier molecular flexibility index (Phi) is 5.56. The molecule has 0 N–H and O–H groups in total. The molecule has 16 heavy (non-hydrogen) atoms. The fourth-order valence-corrected chi connectivity index (χ4v) is 1.87. The first-order valence-electron chi connectivity index (χ1n) is 6.05. The molecule has 3 nitrogen and oxygen atoms in total. The largest absolute Gasteiger partial charge is 0.353 e. The number of rotatable bonds is 7. The Morgan fingerprint density at radius 1 is 1.06 bits per heavy atom. The molecule has 0 amide bonds. The second kappa shape index (κ2) is 6.71. The van der Waals surface area contributed by atoms with E-state index in [-0.39, 0.29) is 6.29 Å². The molecule has 0 saturated heterocycles. The third kappa shape index (κ3) is 3.65. The minimum absolute atomic E-state index is 0.0730. The van der Waals surface area contributed by atoms with Crippen molar-refractivity contribution in [3.8, 4) is 0 Å². The third-order valence-corrected chi connectivity index (χ3v) is 2.71. The van der Waals surface area contributed by atoms with Crippen LogP contribution < -0.4 is 0 Å². The van der Waals surface area contributed by atoms with Crippen molar-refractivity contribution in [1.82, 2.24) is 4.57 Å². The molecule has 0 aliphatic rings. The SMILES string of the molecule is CCOC(CCn1c(C)ccc1C)OCC. The summed E-state index contributed by atoms with van der Waals surface area (Å²) in [5.74, 6) is 0. The van der Waals surface area contributed by atoms with Crippen molar-refractivity contribution in [2.75, 3.05) is 13.2 Å². The third-order valence-electron chi connectivity index (χ3n) is 2.71. The minimum atomic E-state index is -0.0730. The van der Waals surface area contributed by atoms with Crippen LogP contribution in [0.1, 0.15) is 31.7 Å². The van der Waals surface area contributed by atoms with E-state index in [1.165, 1.54) is 11.4 Å². The van der Waals surface area contributed by atoms with Crippen LogP contribution >= 0.6 is 0 Å². The van der Waals surface area contributed by atoms with Crippen LogP contribution in [0.2, 0.25) is 0 Å². The number of nitrogens with zero attached hydrogens (tertiary/aromatic N) is 1. The van der Waals surface area contributed by atoms with E-state index in [0.29, 0.717) is 13.2 Å². The highest BCUT2D eigenvalue weighted by atomic mass is 16.7. The van der Waals surface area contributed by atoms with Gasteiger partial charge in [-0.25, -0.2) is 0 Å². The van der Waals surface area contributed by atoms with Gasteiger partial charge in [-0.1, -0.05) is 0 Å². The molecule has 92 valence electrons. The van der Waals surface area contributed by atoms with Crippen molar-refractivity contribution in [1.29, 1.82) is 0 Å². The van der Waals surface area contributed by atoms with Crippen molar-refractivity contribution in [3.05, 3.63) is 23.5 Å². The van der Waals surface area contributed by atoms with Crippen LogP contribution in [0.5, 0.6) is 0 Å². The summed E-state index contributed by atoms with van der Waals surface area (Å²) in [5, 5.41) is 0. The smallest absolute Gasteiger partial charge is 0.159 e. The lowest BCUT2D eigenvalue weighted by Crippen LogP contribution is -2.20. The van der Waals surface area contributed by atoms with Gasteiger partial charge in [0.15, 0.2) is 6.29 Å². The molecule has 3 heteroatoms. The van der Waals surface area contributed by atoms with E-state index in [1.807, 2.05) is 13.8 Å². The van der Waals surface area contributed by atoms with E-state index in [0.717, 1.165) is 13.0 Å². The number of hydrogen-bond donors (Lipinski definition) is 0. The quantitative estimate of drug-likeness (QED) is 0.666. The normalized spacial score (nSPS) is 11.3. The van der Waals surface area contributed by atoms with E-state index in [1.54, 1.807) is 0 Å². The highest BCUT2D eigenvalue weighted by Crippen LogP contribution is 2.10. The summed E-state index contributed by atoms with van der Waals surface area (Å²) < 4.78 is 13.3. The predicted molar refractivity (Wildman–Crippen MR) is 65.6 cm³/mol. The molecule has 0 fully saturated rings. The van der Waals surface area contributed by atoms with E-state index < -0.39 is 0 Å². The van der Waals surface area contributed by atoms with Gasteiger partial charge in [0.05, 0.1) is 0 Å². The Hall–Kier alpha value is -0.800. The predicted octanol–water partition coefficient (Wildman–Crippen LogP) is 2.89. The Bertz CT molecular complexity index is 281. The van der Waals surface area contributed by atoms with E-state index >= 15 is 0 Å². The first-order chi connectivity index (χ1) is 7.69. The summed E-state index contributed by atoms with van der Waals surface area (Å²) >= 11 is 0. The zero-order valence-corrected chi connectivity index (χ0v) is 10.8. The summed E-state index contributed by atoms with van der Waals surface area (Å²) in [5.41, 5.74) is 2.59. The Morgan fingerprint density at radius 3 is 2.00 bits per heavy atom. The van der Waals surface area contributed by atoms with Gasteiger partial charge < -0.3 is 14.0 Å². The molecular formula is C13H23NO2. The van der Waals surface area contributed by atoms with Crippen LogP contribution in [0, 0.1) is 13.8 Å². The van der Waals surface area contributed by atoms with Gasteiger partial charge in [-0.3, -0.25) is 0 Å². The number of hydrogen-bond acceptors (Lipinski definition) is 2. The number of aromatic nitrogens is 1. The Labute approximate surface area is 98.4 Å². The maximum atomic E-state index is 5.52. The fraction of sp³-hybridized carbons (Fsp3) is 0.692. The zero-order chi connectivity index (χ0) is 12.0. The second-order valence-electron chi connectivity index (χ2n) is 3.90. The van der Waals surface area contributed by atoms with Gasteiger partial charge in [-0.2, -0.15) is 0 Å². The van der Waals surface area contributed by atoms with Gasteiger partial charge in [-0.05, 0) is 39.8 Å². The number of aryl methyl sites for hydroxylation is 2. The molecule has 1 rings (SSSR count). The molecular weight excluding hydrogens is 202 g/mol. The molecule has 0 radical (unpaired) electrons. The molecule has 0 aliphatic carbocycles. The maximum absolute atomic E-state index is 5.52. The molecule has 0 aliphatic heterocycles. The van der Waals surface area contributed by atoms with Crippen molar-refractivity contribution >= 4 is 0 Å². The lowest BCUT2D eigenvalue weighted by atomic mass is 10.3. The highest BCUT2D eigenvalue weighted by Gasteiger charge is 2.09. The molecule has 0 unspecified atom stereocenters. The molecule has 0 atom stereocenters. The van der Waals surface area contributed by atoms with E-state index in [9.17, 15) is 0 Å². The van der Waals surface area contributed by atoms with E-state index in [2.05, 4.69) is 30.5 Å². The van der Waals surface area contributed by atoms with Crippen molar-refractivity contribution in [3.63, 3.8) is 0 Å². The van der Waals surface area contributed by atoms with Gasteiger partial charge >= 0.3 is 0 Å². The van der Waals surface area contributed by atoms with Crippen LogP contribution in [0.25, 0.3) is 0 Å². The standard InChI is InChI=1S/C13H23NO2/c1-5-15-13(16-6-2)9-10-14-11(3)7-8-12(14)4/h7-8,13H,5-6,9-10H2,1-4H3. The van der Waals surface area contributed by atoms with Gasteiger partial charge in [0.2, 0.25) is 0 Å². The van der Waals surface area contributed by atoms with Crippen LogP contribution in [0.3, 0.4) is 0 Å². The first-order valence-corrected chi connectivity index (χ1v) is 6.05. The minimum Gasteiger partial charge on any atom is -0.353 e. The molecule has 0 spiro atoms.